The number of hydrogen-bond donors (Lipinski definition) is 1. The van der Waals surface area contributed by atoms with Gasteiger partial charge in [0.05, 0.1) is 12.7 Å². The van der Waals surface area contributed by atoms with Crippen LogP contribution in [0.3, 0.4) is 0 Å². The summed E-state index contributed by atoms with van der Waals surface area (Å²) in [6.45, 7) is 7.10. The summed E-state index contributed by atoms with van der Waals surface area (Å²) in [4.78, 5) is 0. The minimum Gasteiger partial charge on any atom is -0.389 e. The Morgan fingerprint density at radius 2 is 2.17 bits per heavy atom. The first-order valence-corrected chi connectivity index (χ1v) is 5.63. The molecule has 2 nitrogen and oxygen atoms in total. The number of aliphatic hydroxyl groups excluding tert-OH is 1. The first-order valence-electron chi connectivity index (χ1n) is 4.58. The lowest BCUT2D eigenvalue weighted by molar-refractivity contribution is -0.0853. The smallest absolute Gasteiger partial charge is 0.129 e. The van der Waals surface area contributed by atoms with E-state index in [2.05, 4.69) is 20.8 Å². The molecule has 72 valence electrons. The molecule has 1 aliphatic heterocycles. The zero-order chi connectivity index (χ0) is 9.14. The van der Waals surface area contributed by atoms with Gasteiger partial charge in [0.15, 0.2) is 0 Å². The maximum absolute atomic E-state index is 9.79. The highest BCUT2D eigenvalue weighted by Gasteiger charge is 2.34. The summed E-state index contributed by atoms with van der Waals surface area (Å²) >= 11 is 1.69. The Kier molecular flexibility index (Phi) is 3.87. The third-order valence-corrected chi connectivity index (χ3v) is 3.65. The molecule has 0 aliphatic carbocycles. The Bertz CT molecular complexity index is 140. The summed E-state index contributed by atoms with van der Waals surface area (Å²) in [6, 6.07) is 0. The van der Waals surface area contributed by atoms with E-state index in [0.29, 0.717) is 11.8 Å². The fraction of sp³-hybridized carbons (Fsp3) is 1.00. The maximum Gasteiger partial charge on any atom is 0.129 e. The fourth-order valence-electron chi connectivity index (χ4n) is 1.39. The Labute approximate surface area is 78.7 Å². The van der Waals surface area contributed by atoms with Crippen molar-refractivity contribution >= 4 is 11.8 Å². The van der Waals surface area contributed by atoms with Crippen molar-refractivity contribution in [3.8, 4) is 0 Å². The van der Waals surface area contributed by atoms with Gasteiger partial charge in [0.1, 0.15) is 5.44 Å². The predicted molar refractivity (Wildman–Crippen MR) is 52.2 cm³/mol. The summed E-state index contributed by atoms with van der Waals surface area (Å²) in [5.41, 5.74) is 0.00111. The third-order valence-electron chi connectivity index (χ3n) is 2.57. The van der Waals surface area contributed by atoms with Gasteiger partial charge in [0.25, 0.3) is 0 Å². The molecule has 0 aromatic heterocycles. The second kappa shape index (κ2) is 4.49. The Hall–Kier alpha value is 0.270. The zero-order valence-electron chi connectivity index (χ0n) is 7.99. The summed E-state index contributed by atoms with van der Waals surface area (Å²) in [6.07, 6.45) is -0.293. The molecule has 1 saturated heterocycles. The van der Waals surface area contributed by atoms with E-state index in [1.807, 2.05) is 0 Å². The Morgan fingerprint density at radius 1 is 1.50 bits per heavy atom. The van der Waals surface area contributed by atoms with Crippen LogP contribution in [0.1, 0.15) is 20.8 Å². The quantitative estimate of drug-likeness (QED) is 0.719. The molecule has 1 fully saturated rings. The summed E-state index contributed by atoms with van der Waals surface area (Å²) in [5, 5.41) is 9.79. The summed E-state index contributed by atoms with van der Waals surface area (Å²) < 4.78 is 5.53. The number of ether oxygens (including phenoxy) is 1. The van der Waals surface area contributed by atoms with E-state index < -0.39 is 0 Å². The third kappa shape index (κ3) is 2.15. The van der Waals surface area contributed by atoms with Crippen LogP contribution in [0.4, 0.5) is 0 Å². The molecule has 12 heavy (non-hydrogen) atoms. The molecule has 0 aromatic carbocycles. The standard InChI is InChI=1S/C9H18O2S/c1-4-12-9-8(10)7(3)6(2)5-11-9/h6-10H,4-5H2,1-3H3/t6-,7+,8?,9+/m1/s1. The molecule has 1 N–H and O–H groups in total. The molecule has 0 bridgehead atoms. The van der Waals surface area contributed by atoms with Crippen LogP contribution in [-0.4, -0.2) is 29.0 Å². The molecule has 0 aromatic rings. The van der Waals surface area contributed by atoms with Crippen LogP contribution in [0.5, 0.6) is 0 Å². The topological polar surface area (TPSA) is 29.5 Å². The number of thioether (sulfide) groups is 1. The second-order valence-electron chi connectivity index (χ2n) is 3.48. The van der Waals surface area contributed by atoms with Gasteiger partial charge in [0.2, 0.25) is 0 Å². The van der Waals surface area contributed by atoms with Crippen molar-refractivity contribution in [2.24, 2.45) is 11.8 Å². The second-order valence-corrected chi connectivity index (χ2v) is 4.86. The average molecular weight is 190 g/mol. The fourth-order valence-corrected chi connectivity index (χ4v) is 2.34. The lowest BCUT2D eigenvalue weighted by Gasteiger charge is -2.36. The van der Waals surface area contributed by atoms with Crippen LogP contribution in [0.2, 0.25) is 0 Å². The largest absolute Gasteiger partial charge is 0.389 e. The van der Waals surface area contributed by atoms with Gasteiger partial charge in [-0.25, -0.2) is 0 Å². The molecule has 1 aliphatic rings. The van der Waals surface area contributed by atoms with E-state index in [1.54, 1.807) is 11.8 Å². The van der Waals surface area contributed by atoms with Gasteiger partial charge in [0, 0.05) is 0 Å². The van der Waals surface area contributed by atoms with E-state index in [1.165, 1.54) is 0 Å². The van der Waals surface area contributed by atoms with Crippen molar-refractivity contribution in [2.75, 3.05) is 12.4 Å². The van der Waals surface area contributed by atoms with Crippen molar-refractivity contribution in [3.05, 3.63) is 0 Å². The van der Waals surface area contributed by atoms with Gasteiger partial charge in [-0.15, -0.1) is 11.8 Å². The molecule has 4 atom stereocenters. The van der Waals surface area contributed by atoms with Crippen molar-refractivity contribution < 1.29 is 9.84 Å². The highest BCUT2D eigenvalue weighted by atomic mass is 32.2. The van der Waals surface area contributed by atoms with Crippen LogP contribution in [0.25, 0.3) is 0 Å². The van der Waals surface area contributed by atoms with E-state index >= 15 is 0 Å². The van der Waals surface area contributed by atoms with Crippen LogP contribution >= 0.6 is 11.8 Å². The van der Waals surface area contributed by atoms with Gasteiger partial charge < -0.3 is 9.84 Å². The molecular weight excluding hydrogens is 172 g/mol. The monoisotopic (exact) mass is 190 g/mol. The van der Waals surface area contributed by atoms with E-state index in [9.17, 15) is 5.11 Å². The van der Waals surface area contributed by atoms with Crippen LogP contribution in [0.15, 0.2) is 0 Å². The van der Waals surface area contributed by atoms with Crippen molar-refractivity contribution in [1.29, 1.82) is 0 Å². The van der Waals surface area contributed by atoms with Crippen LogP contribution in [0, 0.1) is 11.8 Å². The van der Waals surface area contributed by atoms with Gasteiger partial charge in [-0.05, 0) is 17.6 Å². The van der Waals surface area contributed by atoms with E-state index in [-0.39, 0.29) is 11.5 Å². The maximum atomic E-state index is 9.79. The first-order chi connectivity index (χ1) is 5.66. The van der Waals surface area contributed by atoms with Crippen LogP contribution < -0.4 is 0 Å². The van der Waals surface area contributed by atoms with Crippen molar-refractivity contribution in [1.82, 2.24) is 0 Å². The van der Waals surface area contributed by atoms with Gasteiger partial charge >= 0.3 is 0 Å². The molecule has 0 amide bonds. The molecule has 0 spiro atoms. The first kappa shape index (κ1) is 10.4. The molecule has 1 unspecified atom stereocenters. The summed E-state index contributed by atoms with van der Waals surface area (Å²) in [5.74, 6) is 1.85. The van der Waals surface area contributed by atoms with E-state index in [4.69, 9.17) is 4.74 Å². The predicted octanol–water partition coefficient (Wildman–Crippen LogP) is 1.73. The number of rotatable bonds is 2. The van der Waals surface area contributed by atoms with E-state index in [0.717, 1.165) is 12.4 Å². The highest BCUT2D eigenvalue weighted by Crippen LogP contribution is 2.30. The molecule has 1 rings (SSSR count). The highest BCUT2D eigenvalue weighted by molar-refractivity contribution is 7.99. The minimum absolute atomic E-state index is 0.00111. The normalized spacial score (nSPS) is 43.0. The number of aliphatic hydroxyl groups is 1. The van der Waals surface area contributed by atoms with Gasteiger partial charge in [-0.1, -0.05) is 20.8 Å². The Morgan fingerprint density at radius 3 is 2.75 bits per heavy atom. The molecule has 0 radical (unpaired) electrons. The Balaban J connectivity index is 2.46. The SMILES string of the molecule is CCS[C@@H]1OC[C@@H](C)[C@H](C)C1O. The molecular formula is C9H18O2S. The molecule has 3 heteroatoms. The number of hydrogen-bond acceptors (Lipinski definition) is 3. The van der Waals surface area contributed by atoms with Crippen LogP contribution in [-0.2, 0) is 4.74 Å². The minimum atomic E-state index is -0.293. The molecule has 0 saturated carbocycles. The van der Waals surface area contributed by atoms with Crippen molar-refractivity contribution in [2.45, 2.75) is 32.3 Å². The lowest BCUT2D eigenvalue weighted by atomic mass is 9.90. The summed E-state index contributed by atoms with van der Waals surface area (Å²) in [7, 11) is 0. The van der Waals surface area contributed by atoms with Crippen molar-refractivity contribution in [3.63, 3.8) is 0 Å². The van der Waals surface area contributed by atoms with Gasteiger partial charge in [-0.3, -0.25) is 0 Å². The molecule has 1 heterocycles. The zero-order valence-corrected chi connectivity index (χ0v) is 8.80. The lowest BCUT2D eigenvalue weighted by Crippen LogP contribution is -2.42. The van der Waals surface area contributed by atoms with Gasteiger partial charge in [-0.2, -0.15) is 0 Å². The average Bonchev–Trinajstić information content (AvgIpc) is 2.07.